The normalized spacial score (nSPS) is 14.0. The van der Waals surface area contributed by atoms with Gasteiger partial charge in [0.15, 0.2) is 0 Å². The zero-order chi connectivity index (χ0) is 11.7. The van der Waals surface area contributed by atoms with Gasteiger partial charge in [-0.25, -0.2) is 0 Å². The highest BCUT2D eigenvalue weighted by molar-refractivity contribution is 5.80. The van der Waals surface area contributed by atoms with Gasteiger partial charge in [-0.1, -0.05) is 25.4 Å². The van der Waals surface area contributed by atoms with Gasteiger partial charge < -0.3 is 11.1 Å². The third-order valence-electron chi connectivity index (χ3n) is 2.26. The number of rotatable bonds is 8. The Balaban J connectivity index is 4.03. The molecule has 0 saturated carbocycles. The molecule has 0 aromatic rings. The highest BCUT2D eigenvalue weighted by atomic mass is 16.1. The van der Waals surface area contributed by atoms with Crippen LogP contribution in [0.1, 0.15) is 26.7 Å². The van der Waals surface area contributed by atoms with E-state index in [2.05, 4.69) is 22.3 Å². The van der Waals surface area contributed by atoms with Crippen LogP contribution in [-0.2, 0) is 4.79 Å². The van der Waals surface area contributed by atoms with Crippen LogP contribution in [0.5, 0.6) is 0 Å². The minimum absolute atomic E-state index is 0.207. The van der Waals surface area contributed by atoms with Crippen molar-refractivity contribution >= 4 is 5.91 Å². The first-order valence-electron chi connectivity index (χ1n) is 5.17. The van der Waals surface area contributed by atoms with E-state index in [0.717, 1.165) is 12.8 Å². The predicted octanol–water partition coefficient (Wildman–Crippen LogP) is 1.18. The van der Waals surface area contributed by atoms with Crippen LogP contribution in [-0.4, -0.2) is 25.0 Å². The molecular formula is C9H19N5O. The van der Waals surface area contributed by atoms with E-state index in [1.165, 1.54) is 0 Å². The van der Waals surface area contributed by atoms with E-state index >= 15 is 0 Å². The van der Waals surface area contributed by atoms with Crippen molar-refractivity contribution in [1.82, 2.24) is 5.32 Å². The Morgan fingerprint density at radius 3 is 2.80 bits per heavy atom. The van der Waals surface area contributed by atoms with Gasteiger partial charge in [0.2, 0.25) is 5.91 Å². The highest BCUT2D eigenvalue weighted by Crippen LogP contribution is 2.10. The third-order valence-corrected chi connectivity index (χ3v) is 2.26. The Kier molecular flexibility index (Phi) is 7.40. The summed E-state index contributed by atoms with van der Waals surface area (Å²) in [6, 6.07) is -0.334. The minimum Gasteiger partial charge on any atom is -0.368 e. The molecule has 0 aromatic heterocycles. The van der Waals surface area contributed by atoms with Crippen molar-refractivity contribution in [3.05, 3.63) is 10.4 Å². The fourth-order valence-corrected chi connectivity index (χ4v) is 1.52. The molecule has 1 amide bonds. The van der Waals surface area contributed by atoms with E-state index in [9.17, 15) is 4.79 Å². The monoisotopic (exact) mass is 213 g/mol. The fraction of sp³-hybridized carbons (Fsp3) is 0.889. The molecule has 2 unspecified atom stereocenters. The number of hydrogen-bond acceptors (Lipinski definition) is 3. The summed E-state index contributed by atoms with van der Waals surface area (Å²) in [5.41, 5.74) is 13.4. The first-order chi connectivity index (χ1) is 7.13. The van der Waals surface area contributed by atoms with Crippen LogP contribution >= 0.6 is 0 Å². The molecule has 0 aromatic carbocycles. The summed E-state index contributed by atoms with van der Waals surface area (Å²) in [6.45, 7) is 4.86. The van der Waals surface area contributed by atoms with Crippen LogP contribution in [0.15, 0.2) is 5.11 Å². The second-order valence-electron chi connectivity index (χ2n) is 3.55. The maximum atomic E-state index is 11.1. The van der Waals surface area contributed by atoms with E-state index in [4.69, 9.17) is 11.3 Å². The molecule has 0 rings (SSSR count). The Labute approximate surface area is 89.8 Å². The molecule has 0 bridgehead atoms. The van der Waals surface area contributed by atoms with Gasteiger partial charge in [0.1, 0.15) is 0 Å². The lowest BCUT2D eigenvalue weighted by molar-refractivity contribution is -0.121. The van der Waals surface area contributed by atoms with E-state index in [0.29, 0.717) is 13.1 Å². The van der Waals surface area contributed by atoms with Gasteiger partial charge in [-0.3, -0.25) is 4.79 Å². The summed E-state index contributed by atoms with van der Waals surface area (Å²) in [4.78, 5) is 13.8. The standard InChI is InChI=1S/C9H19N5O/c1-3-4-7(2)8(9(10)15)12-5-6-13-14-11/h7-8,12H,3-6H2,1-2H3,(H2,10,15). The quantitative estimate of drug-likeness (QED) is 0.273. The van der Waals surface area contributed by atoms with Crippen molar-refractivity contribution in [3.63, 3.8) is 0 Å². The van der Waals surface area contributed by atoms with E-state index < -0.39 is 0 Å². The molecule has 3 N–H and O–H groups in total. The van der Waals surface area contributed by atoms with Crippen molar-refractivity contribution < 1.29 is 4.79 Å². The largest absolute Gasteiger partial charge is 0.368 e. The first-order valence-corrected chi connectivity index (χ1v) is 5.17. The summed E-state index contributed by atoms with van der Waals surface area (Å²) in [7, 11) is 0. The fourth-order valence-electron chi connectivity index (χ4n) is 1.52. The van der Waals surface area contributed by atoms with E-state index in [-0.39, 0.29) is 17.9 Å². The van der Waals surface area contributed by atoms with Gasteiger partial charge >= 0.3 is 0 Å². The van der Waals surface area contributed by atoms with Crippen molar-refractivity contribution in [2.24, 2.45) is 16.8 Å². The number of nitrogens with one attached hydrogen (secondary N) is 1. The minimum atomic E-state index is -0.350. The number of amides is 1. The summed E-state index contributed by atoms with van der Waals surface area (Å²) in [6.07, 6.45) is 1.96. The smallest absolute Gasteiger partial charge is 0.234 e. The van der Waals surface area contributed by atoms with E-state index in [1.54, 1.807) is 0 Å². The predicted molar refractivity (Wildman–Crippen MR) is 59.1 cm³/mol. The van der Waals surface area contributed by atoms with Gasteiger partial charge in [0.25, 0.3) is 0 Å². The molecule has 6 heteroatoms. The van der Waals surface area contributed by atoms with Gasteiger partial charge in [0.05, 0.1) is 6.04 Å². The average Bonchev–Trinajstić information content (AvgIpc) is 2.17. The topological polar surface area (TPSA) is 104 Å². The first kappa shape index (κ1) is 13.7. The molecule has 86 valence electrons. The molecule has 0 spiro atoms. The van der Waals surface area contributed by atoms with Gasteiger partial charge in [-0.2, -0.15) is 0 Å². The molecule has 15 heavy (non-hydrogen) atoms. The van der Waals surface area contributed by atoms with Gasteiger partial charge in [0, 0.05) is 18.0 Å². The Hall–Kier alpha value is -1.26. The second kappa shape index (κ2) is 8.08. The van der Waals surface area contributed by atoms with Crippen LogP contribution in [0.25, 0.3) is 10.4 Å². The molecule has 0 aliphatic heterocycles. The van der Waals surface area contributed by atoms with Crippen molar-refractivity contribution in [3.8, 4) is 0 Å². The number of azide groups is 1. The van der Waals surface area contributed by atoms with E-state index in [1.807, 2.05) is 6.92 Å². The lowest BCUT2D eigenvalue weighted by atomic mass is 9.96. The lowest BCUT2D eigenvalue weighted by Crippen LogP contribution is -2.46. The number of primary amides is 1. The molecule has 0 aliphatic rings. The zero-order valence-corrected chi connectivity index (χ0v) is 9.31. The molecule has 2 atom stereocenters. The van der Waals surface area contributed by atoms with Gasteiger partial charge in [-0.05, 0) is 17.9 Å². The molecule has 0 fully saturated rings. The number of carbonyl (C=O) groups is 1. The van der Waals surface area contributed by atoms with Crippen LogP contribution in [0.2, 0.25) is 0 Å². The van der Waals surface area contributed by atoms with Crippen molar-refractivity contribution in [2.75, 3.05) is 13.1 Å². The molecular weight excluding hydrogens is 194 g/mol. The Morgan fingerprint density at radius 1 is 1.67 bits per heavy atom. The summed E-state index contributed by atoms with van der Waals surface area (Å²) in [5, 5.41) is 6.37. The second-order valence-corrected chi connectivity index (χ2v) is 3.55. The summed E-state index contributed by atoms with van der Waals surface area (Å²) >= 11 is 0. The SMILES string of the molecule is CCCC(C)C(NCCN=[N+]=[N-])C(N)=O. The van der Waals surface area contributed by atoms with Crippen LogP contribution < -0.4 is 11.1 Å². The molecule has 0 radical (unpaired) electrons. The number of nitrogens with zero attached hydrogens (tertiary/aromatic N) is 3. The van der Waals surface area contributed by atoms with Crippen molar-refractivity contribution in [1.29, 1.82) is 0 Å². The molecule has 0 saturated heterocycles. The highest BCUT2D eigenvalue weighted by Gasteiger charge is 2.20. The lowest BCUT2D eigenvalue weighted by Gasteiger charge is -2.21. The maximum Gasteiger partial charge on any atom is 0.234 e. The van der Waals surface area contributed by atoms with Gasteiger partial charge in [-0.15, -0.1) is 0 Å². The third kappa shape index (κ3) is 5.93. The van der Waals surface area contributed by atoms with Crippen LogP contribution in [0.3, 0.4) is 0 Å². The summed E-state index contributed by atoms with van der Waals surface area (Å²) < 4.78 is 0. The Morgan fingerprint density at radius 2 is 2.33 bits per heavy atom. The van der Waals surface area contributed by atoms with Crippen LogP contribution in [0.4, 0.5) is 0 Å². The van der Waals surface area contributed by atoms with Crippen LogP contribution in [0, 0.1) is 5.92 Å². The van der Waals surface area contributed by atoms with Crippen molar-refractivity contribution in [2.45, 2.75) is 32.7 Å². The zero-order valence-electron chi connectivity index (χ0n) is 9.31. The Bertz CT molecular complexity index is 237. The number of nitrogens with two attached hydrogens (primary N) is 1. The average molecular weight is 213 g/mol. The summed E-state index contributed by atoms with van der Waals surface area (Å²) in [5.74, 6) is -0.143. The number of hydrogen-bond donors (Lipinski definition) is 2. The molecule has 0 aliphatic carbocycles. The molecule has 6 nitrogen and oxygen atoms in total. The maximum absolute atomic E-state index is 11.1. The molecule has 0 heterocycles. The number of carbonyl (C=O) groups excluding carboxylic acids is 1.